The first-order chi connectivity index (χ1) is 13.9. The lowest BCUT2D eigenvalue weighted by molar-refractivity contribution is 0.0482. The van der Waals surface area contributed by atoms with E-state index in [2.05, 4.69) is 0 Å². The van der Waals surface area contributed by atoms with Crippen molar-refractivity contribution in [1.82, 2.24) is 4.90 Å². The summed E-state index contributed by atoms with van der Waals surface area (Å²) in [6.45, 7) is 5.58. The number of methoxy groups -OCH3 is 1. The largest absolute Gasteiger partial charge is 0.462 e. The molecular formula is C21H28N2O5S. The number of thiophene rings is 1. The Morgan fingerprint density at radius 3 is 2.28 bits per heavy atom. The summed E-state index contributed by atoms with van der Waals surface area (Å²) in [5.41, 5.74) is 8.34. The van der Waals surface area contributed by atoms with Gasteiger partial charge in [-0.1, -0.05) is 12.1 Å². The van der Waals surface area contributed by atoms with Gasteiger partial charge in [-0.2, -0.15) is 0 Å². The molecular weight excluding hydrogens is 392 g/mol. The summed E-state index contributed by atoms with van der Waals surface area (Å²) < 4.78 is 15.6. The molecule has 0 fully saturated rings. The molecule has 0 aliphatic rings. The maximum absolute atomic E-state index is 12.8. The van der Waals surface area contributed by atoms with Crippen LogP contribution in [0.2, 0.25) is 0 Å². The van der Waals surface area contributed by atoms with Gasteiger partial charge in [0.1, 0.15) is 4.88 Å². The Labute approximate surface area is 175 Å². The van der Waals surface area contributed by atoms with Crippen LogP contribution in [-0.4, -0.2) is 57.4 Å². The van der Waals surface area contributed by atoms with Gasteiger partial charge in [-0.15, -0.1) is 11.3 Å². The summed E-state index contributed by atoms with van der Waals surface area (Å²) in [7, 11) is 3.57. The van der Waals surface area contributed by atoms with Crippen molar-refractivity contribution in [2.45, 2.75) is 20.4 Å². The summed E-state index contributed by atoms with van der Waals surface area (Å²) in [5.74, 6) is -1.05. The highest BCUT2D eigenvalue weighted by atomic mass is 32.1. The van der Waals surface area contributed by atoms with E-state index >= 15 is 0 Å². The minimum Gasteiger partial charge on any atom is -0.462 e. The third-order valence-corrected chi connectivity index (χ3v) is 5.49. The number of hydrogen-bond donors (Lipinski definition) is 1. The van der Waals surface area contributed by atoms with Gasteiger partial charge in [-0.25, -0.2) is 9.59 Å². The molecule has 0 saturated heterocycles. The third-order valence-electron chi connectivity index (χ3n) is 4.23. The van der Waals surface area contributed by atoms with Crippen LogP contribution in [-0.2, 0) is 20.8 Å². The zero-order valence-electron chi connectivity index (χ0n) is 17.3. The van der Waals surface area contributed by atoms with E-state index in [4.69, 9.17) is 19.9 Å². The predicted molar refractivity (Wildman–Crippen MR) is 114 cm³/mol. The van der Waals surface area contributed by atoms with Crippen molar-refractivity contribution in [1.29, 1.82) is 0 Å². The molecule has 2 aromatic rings. The molecule has 2 N–H and O–H groups in total. The number of esters is 2. The van der Waals surface area contributed by atoms with Crippen molar-refractivity contribution >= 4 is 29.0 Å². The molecule has 0 bridgehead atoms. The lowest BCUT2D eigenvalue weighted by Crippen LogP contribution is -2.24. The lowest BCUT2D eigenvalue weighted by atomic mass is 10.0. The number of rotatable bonds is 10. The van der Waals surface area contributed by atoms with Crippen LogP contribution in [0.15, 0.2) is 24.3 Å². The van der Waals surface area contributed by atoms with Crippen LogP contribution in [0.4, 0.5) is 5.69 Å². The highest BCUT2D eigenvalue weighted by Crippen LogP contribution is 2.39. The fourth-order valence-corrected chi connectivity index (χ4v) is 4.04. The van der Waals surface area contributed by atoms with E-state index in [-0.39, 0.29) is 23.7 Å². The Hall–Kier alpha value is -2.42. The zero-order chi connectivity index (χ0) is 21.4. The van der Waals surface area contributed by atoms with Crippen LogP contribution < -0.4 is 5.73 Å². The molecule has 1 aromatic heterocycles. The van der Waals surface area contributed by atoms with E-state index in [1.807, 2.05) is 24.1 Å². The van der Waals surface area contributed by atoms with E-state index in [1.54, 1.807) is 33.1 Å². The highest BCUT2D eigenvalue weighted by Gasteiger charge is 2.30. The van der Waals surface area contributed by atoms with Gasteiger partial charge in [0.15, 0.2) is 0 Å². The minimum atomic E-state index is -0.525. The topological polar surface area (TPSA) is 91.1 Å². The predicted octanol–water partition coefficient (Wildman–Crippen LogP) is 3.43. The second-order valence-electron chi connectivity index (χ2n) is 6.41. The maximum atomic E-state index is 12.8. The number of hydrogen-bond acceptors (Lipinski definition) is 8. The molecule has 158 valence electrons. The zero-order valence-corrected chi connectivity index (χ0v) is 18.1. The molecule has 0 aliphatic carbocycles. The van der Waals surface area contributed by atoms with Gasteiger partial charge >= 0.3 is 11.9 Å². The first-order valence-electron chi connectivity index (χ1n) is 9.46. The lowest BCUT2D eigenvalue weighted by Gasteiger charge is -2.18. The van der Waals surface area contributed by atoms with Crippen molar-refractivity contribution in [3.8, 4) is 10.4 Å². The Bertz CT molecular complexity index is 832. The number of benzene rings is 1. The normalized spacial score (nSPS) is 10.9. The summed E-state index contributed by atoms with van der Waals surface area (Å²) in [4.78, 5) is 28.5. The van der Waals surface area contributed by atoms with Gasteiger partial charge in [0.05, 0.1) is 25.4 Å². The number of carbonyl (C=O) groups excluding carboxylic acids is 2. The van der Waals surface area contributed by atoms with Crippen LogP contribution in [0, 0.1) is 0 Å². The molecule has 29 heavy (non-hydrogen) atoms. The van der Waals surface area contributed by atoms with Crippen LogP contribution in [0.1, 0.15) is 39.4 Å². The Balaban J connectivity index is 2.62. The van der Waals surface area contributed by atoms with E-state index in [9.17, 15) is 9.59 Å². The number of anilines is 1. The number of ether oxygens (including phenoxy) is 3. The fourth-order valence-electron chi connectivity index (χ4n) is 2.84. The van der Waals surface area contributed by atoms with Crippen molar-refractivity contribution in [3.63, 3.8) is 0 Å². The number of carbonyl (C=O) groups is 2. The minimum absolute atomic E-state index is 0.215. The average Bonchev–Trinajstić information content (AvgIpc) is 3.06. The quantitative estimate of drug-likeness (QED) is 0.465. The van der Waals surface area contributed by atoms with Gasteiger partial charge < -0.3 is 19.9 Å². The molecule has 2 rings (SSSR count). The molecule has 0 saturated carbocycles. The van der Waals surface area contributed by atoms with Crippen molar-refractivity contribution in [2.75, 3.05) is 46.3 Å². The average molecular weight is 421 g/mol. The number of nitrogens with zero attached hydrogens (tertiary/aromatic N) is 1. The first kappa shape index (κ1) is 22.9. The van der Waals surface area contributed by atoms with Crippen molar-refractivity contribution < 1.29 is 23.8 Å². The molecule has 0 spiro atoms. The molecule has 8 heteroatoms. The maximum Gasteiger partial charge on any atom is 0.349 e. The van der Waals surface area contributed by atoms with E-state index in [0.717, 1.165) is 16.0 Å². The standard InChI is InChI=1S/C21H28N2O5S/c1-5-27-20(24)17-16(13-23(3)11-12-26-4)18(14-7-9-15(22)10-8-14)29-19(17)21(25)28-6-2/h7-10H,5-6,11-13,22H2,1-4H3. The monoisotopic (exact) mass is 420 g/mol. The van der Waals surface area contributed by atoms with Crippen LogP contribution in [0.25, 0.3) is 10.4 Å². The molecule has 0 radical (unpaired) electrons. The second kappa shape index (κ2) is 10.9. The van der Waals surface area contributed by atoms with Gasteiger partial charge in [0.2, 0.25) is 0 Å². The van der Waals surface area contributed by atoms with Gasteiger partial charge in [-0.3, -0.25) is 4.90 Å². The SMILES string of the molecule is CCOC(=O)c1sc(-c2ccc(N)cc2)c(CN(C)CCOC)c1C(=O)OCC. The smallest absolute Gasteiger partial charge is 0.349 e. The summed E-state index contributed by atoms with van der Waals surface area (Å²) in [6, 6.07) is 7.34. The van der Waals surface area contributed by atoms with Crippen molar-refractivity contribution in [2.24, 2.45) is 0 Å². The van der Waals surface area contributed by atoms with Gasteiger partial charge in [0, 0.05) is 36.3 Å². The van der Waals surface area contributed by atoms with E-state index in [1.165, 1.54) is 11.3 Å². The molecule has 7 nitrogen and oxygen atoms in total. The van der Waals surface area contributed by atoms with E-state index < -0.39 is 11.9 Å². The molecule has 1 heterocycles. The number of nitrogens with two attached hydrogens (primary N) is 1. The first-order valence-corrected chi connectivity index (χ1v) is 10.3. The molecule has 0 atom stereocenters. The van der Waals surface area contributed by atoms with Crippen molar-refractivity contribution in [3.05, 3.63) is 40.3 Å². The number of likely N-dealkylation sites (N-methyl/N-ethyl adjacent to an activating group) is 1. The van der Waals surface area contributed by atoms with Crippen LogP contribution >= 0.6 is 11.3 Å². The Morgan fingerprint density at radius 1 is 1.07 bits per heavy atom. The van der Waals surface area contributed by atoms with Crippen LogP contribution in [0.5, 0.6) is 0 Å². The second-order valence-corrected chi connectivity index (χ2v) is 7.43. The van der Waals surface area contributed by atoms with Gasteiger partial charge in [-0.05, 0) is 38.6 Å². The van der Waals surface area contributed by atoms with Gasteiger partial charge in [0.25, 0.3) is 0 Å². The van der Waals surface area contributed by atoms with E-state index in [0.29, 0.717) is 25.4 Å². The Kier molecular flexibility index (Phi) is 8.63. The summed E-state index contributed by atoms with van der Waals surface area (Å²) in [6.07, 6.45) is 0. The molecule has 0 unspecified atom stereocenters. The fraction of sp³-hybridized carbons (Fsp3) is 0.429. The number of nitrogen functional groups attached to an aromatic ring is 1. The Morgan fingerprint density at radius 2 is 1.69 bits per heavy atom. The molecule has 0 amide bonds. The summed E-state index contributed by atoms with van der Waals surface area (Å²) in [5, 5.41) is 0. The molecule has 0 aliphatic heterocycles. The molecule has 1 aromatic carbocycles. The third kappa shape index (κ3) is 5.79. The summed E-state index contributed by atoms with van der Waals surface area (Å²) >= 11 is 1.24. The van der Waals surface area contributed by atoms with Crippen LogP contribution in [0.3, 0.4) is 0 Å². The highest BCUT2D eigenvalue weighted by molar-refractivity contribution is 7.18.